The standard InChI is InChI=1S/C31H34N2O3S/c1-22-13-16-25(17-14-22)37(34,35)33-21-28(26-10-4-5-11-30(26)33)27-20-24-15-18-29(27)32(24)19-7-9-23-8-3-6-12-31(23)36-2/h3-6,8,10-14,16-17,21,24,27,29H,7,9,15,18-20H2,1-2H3. The van der Waals surface area contributed by atoms with Crippen molar-refractivity contribution in [3.05, 3.63) is 95.7 Å². The first kappa shape index (κ1) is 24.3. The number of methoxy groups -OCH3 is 1. The van der Waals surface area contributed by atoms with Gasteiger partial charge in [-0.3, -0.25) is 4.90 Å². The molecule has 0 spiro atoms. The average molecular weight is 515 g/mol. The van der Waals surface area contributed by atoms with Crippen molar-refractivity contribution in [3.63, 3.8) is 0 Å². The molecule has 37 heavy (non-hydrogen) atoms. The molecule has 3 heterocycles. The minimum absolute atomic E-state index is 0.330. The van der Waals surface area contributed by atoms with Crippen LogP contribution in [0.3, 0.4) is 0 Å². The van der Waals surface area contributed by atoms with Crippen LogP contribution in [0, 0.1) is 6.92 Å². The minimum Gasteiger partial charge on any atom is -0.496 e. The molecule has 2 saturated heterocycles. The highest BCUT2D eigenvalue weighted by atomic mass is 32.2. The van der Waals surface area contributed by atoms with Crippen LogP contribution in [0.1, 0.15) is 48.3 Å². The summed E-state index contributed by atoms with van der Waals surface area (Å²) in [5.74, 6) is 1.32. The highest BCUT2D eigenvalue weighted by Crippen LogP contribution is 2.49. The number of aryl methyl sites for hydroxylation is 2. The third-order valence-electron chi connectivity index (χ3n) is 8.42. The van der Waals surface area contributed by atoms with E-state index in [9.17, 15) is 8.42 Å². The summed E-state index contributed by atoms with van der Waals surface area (Å²) in [5.41, 5.74) is 4.25. The van der Waals surface area contributed by atoms with E-state index in [1.807, 2.05) is 55.6 Å². The Morgan fingerprint density at radius 3 is 2.51 bits per heavy atom. The third-order valence-corrected chi connectivity index (χ3v) is 10.1. The van der Waals surface area contributed by atoms with E-state index in [0.29, 0.717) is 22.9 Å². The normalized spacial score (nSPS) is 21.6. The lowest BCUT2D eigenvalue weighted by Crippen LogP contribution is -2.31. The fourth-order valence-corrected chi connectivity index (χ4v) is 8.02. The molecule has 6 rings (SSSR count). The molecule has 1 aromatic heterocycles. The number of rotatable bonds is 8. The number of para-hydroxylation sites is 2. The summed E-state index contributed by atoms with van der Waals surface area (Å²) in [6.45, 7) is 3.03. The quantitative estimate of drug-likeness (QED) is 0.283. The molecule has 192 valence electrons. The molecule has 0 N–H and O–H groups in total. The molecule has 0 saturated carbocycles. The number of hydrogen-bond donors (Lipinski definition) is 0. The van der Waals surface area contributed by atoms with E-state index in [2.05, 4.69) is 23.1 Å². The van der Waals surface area contributed by atoms with E-state index in [1.165, 1.54) is 27.9 Å². The van der Waals surface area contributed by atoms with Gasteiger partial charge in [-0.15, -0.1) is 0 Å². The summed E-state index contributed by atoms with van der Waals surface area (Å²) in [6, 6.07) is 24.4. The fraction of sp³-hybridized carbons (Fsp3) is 0.355. The molecule has 3 unspecified atom stereocenters. The van der Waals surface area contributed by atoms with Crippen molar-refractivity contribution in [2.45, 2.75) is 61.9 Å². The van der Waals surface area contributed by atoms with Gasteiger partial charge in [0.05, 0.1) is 17.5 Å². The van der Waals surface area contributed by atoms with Gasteiger partial charge in [-0.2, -0.15) is 0 Å². The molecule has 0 amide bonds. The van der Waals surface area contributed by atoms with Gasteiger partial charge in [0.1, 0.15) is 5.75 Å². The maximum absolute atomic E-state index is 13.7. The molecule has 2 aliphatic heterocycles. The zero-order valence-electron chi connectivity index (χ0n) is 21.5. The Morgan fingerprint density at radius 1 is 0.946 bits per heavy atom. The molecular formula is C31H34N2O3S. The van der Waals surface area contributed by atoms with Crippen LogP contribution in [0.2, 0.25) is 0 Å². The van der Waals surface area contributed by atoms with E-state index >= 15 is 0 Å². The SMILES string of the molecule is COc1ccccc1CCCN1C2CCC1C(c1cn(S(=O)(=O)c3ccc(C)cc3)c3ccccc13)C2. The topological polar surface area (TPSA) is 51.5 Å². The molecule has 2 fully saturated rings. The Morgan fingerprint density at radius 2 is 1.70 bits per heavy atom. The van der Waals surface area contributed by atoms with Crippen LogP contribution in [-0.2, 0) is 16.4 Å². The summed E-state index contributed by atoms with van der Waals surface area (Å²) in [6.07, 6.45) is 7.50. The van der Waals surface area contributed by atoms with E-state index < -0.39 is 10.0 Å². The van der Waals surface area contributed by atoms with E-state index in [-0.39, 0.29) is 0 Å². The zero-order chi connectivity index (χ0) is 25.6. The van der Waals surface area contributed by atoms with Crippen LogP contribution in [-0.4, -0.2) is 43.0 Å². The van der Waals surface area contributed by atoms with Crippen LogP contribution >= 0.6 is 0 Å². The molecule has 3 atom stereocenters. The molecule has 2 aliphatic rings. The fourth-order valence-electron chi connectivity index (χ4n) is 6.64. The van der Waals surface area contributed by atoms with Crippen LogP contribution in [0.5, 0.6) is 5.75 Å². The second-order valence-corrected chi connectivity index (χ2v) is 12.3. The lowest BCUT2D eigenvalue weighted by Gasteiger charge is -2.24. The summed E-state index contributed by atoms with van der Waals surface area (Å²) in [4.78, 5) is 3.03. The second-order valence-electron chi connectivity index (χ2n) is 10.5. The Hall–Kier alpha value is -3.09. The minimum atomic E-state index is -3.68. The van der Waals surface area contributed by atoms with Gasteiger partial charge in [-0.05, 0) is 81.0 Å². The molecule has 0 aliphatic carbocycles. The molecule has 0 radical (unpaired) electrons. The highest BCUT2D eigenvalue weighted by Gasteiger charge is 2.47. The van der Waals surface area contributed by atoms with Gasteiger partial charge in [0.2, 0.25) is 0 Å². The van der Waals surface area contributed by atoms with Crippen molar-refractivity contribution < 1.29 is 13.2 Å². The molecule has 6 heteroatoms. The molecule has 3 aromatic carbocycles. The summed E-state index contributed by atoms with van der Waals surface area (Å²) >= 11 is 0. The van der Waals surface area contributed by atoms with Gasteiger partial charge in [0.15, 0.2) is 0 Å². The van der Waals surface area contributed by atoms with E-state index in [1.54, 1.807) is 19.2 Å². The molecule has 4 aromatic rings. The van der Waals surface area contributed by atoms with Crippen LogP contribution in [0.4, 0.5) is 0 Å². The Kier molecular flexibility index (Phi) is 6.33. The lowest BCUT2D eigenvalue weighted by atomic mass is 9.84. The van der Waals surface area contributed by atoms with Gasteiger partial charge in [-0.25, -0.2) is 12.4 Å². The Labute approximate surface area is 219 Å². The second kappa shape index (κ2) is 9.66. The lowest BCUT2D eigenvalue weighted by molar-refractivity contribution is 0.245. The Bertz CT molecular complexity index is 1520. The number of nitrogens with zero attached hydrogens (tertiary/aromatic N) is 2. The smallest absolute Gasteiger partial charge is 0.268 e. The largest absolute Gasteiger partial charge is 0.496 e. The van der Waals surface area contributed by atoms with Crippen LogP contribution in [0.15, 0.2) is 83.9 Å². The summed E-state index contributed by atoms with van der Waals surface area (Å²) in [5, 5.41) is 1.06. The first-order valence-corrected chi connectivity index (χ1v) is 14.7. The summed E-state index contributed by atoms with van der Waals surface area (Å²) in [7, 11) is -1.94. The maximum Gasteiger partial charge on any atom is 0.268 e. The van der Waals surface area contributed by atoms with E-state index in [0.717, 1.165) is 48.0 Å². The van der Waals surface area contributed by atoms with Gasteiger partial charge < -0.3 is 4.74 Å². The number of ether oxygens (including phenoxy) is 1. The third kappa shape index (κ3) is 4.26. The highest BCUT2D eigenvalue weighted by molar-refractivity contribution is 7.90. The summed E-state index contributed by atoms with van der Waals surface area (Å²) < 4.78 is 34.4. The van der Waals surface area contributed by atoms with Crippen molar-refractivity contribution in [1.82, 2.24) is 8.87 Å². The van der Waals surface area contributed by atoms with Crippen molar-refractivity contribution in [2.75, 3.05) is 13.7 Å². The van der Waals surface area contributed by atoms with Crippen molar-refractivity contribution in [2.24, 2.45) is 0 Å². The van der Waals surface area contributed by atoms with Crippen molar-refractivity contribution in [3.8, 4) is 5.75 Å². The number of hydrogen-bond acceptors (Lipinski definition) is 4. The van der Waals surface area contributed by atoms with Crippen LogP contribution < -0.4 is 4.74 Å². The predicted molar refractivity (Wildman–Crippen MR) is 148 cm³/mol. The monoisotopic (exact) mass is 514 g/mol. The first-order valence-electron chi connectivity index (χ1n) is 13.3. The van der Waals surface area contributed by atoms with Gasteiger partial charge in [0.25, 0.3) is 10.0 Å². The average Bonchev–Trinajstić information content (AvgIpc) is 3.60. The first-order chi connectivity index (χ1) is 18.0. The molecular weight excluding hydrogens is 480 g/mol. The maximum atomic E-state index is 13.7. The Balaban J connectivity index is 1.27. The van der Waals surface area contributed by atoms with Crippen LogP contribution in [0.25, 0.3) is 10.9 Å². The van der Waals surface area contributed by atoms with Gasteiger partial charge in [0, 0.05) is 29.6 Å². The van der Waals surface area contributed by atoms with Gasteiger partial charge in [-0.1, -0.05) is 54.1 Å². The predicted octanol–water partition coefficient (Wildman–Crippen LogP) is 6.15. The molecule has 5 nitrogen and oxygen atoms in total. The van der Waals surface area contributed by atoms with Crippen molar-refractivity contribution in [1.29, 1.82) is 0 Å². The number of aromatic nitrogens is 1. The molecule has 2 bridgehead atoms. The van der Waals surface area contributed by atoms with E-state index in [4.69, 9.17) is 4.74 Å². The number of benzene rings is 3. The van der Waals surface area contributed by atoms with Gasteiger partial charge >= 0.3 is 0 Å². The number of fused-ring (bicyclic) bond motifs is 3. The van der Waals surface area contributed by atoms with Crippen molar-refractivity contribution >= 4 is 20.9 Å². The zero-order valence-corrected chi connectivity index (χ0v) is 22.3.